The second-order valence-electron chi connectivity index (χ2n) is 5.01. The first kappa shape index (κ1) is 20.3. The van der Waals surface area contributed by atoms with Crippen molar-refractivity contribution in [3.05, 3.63) is 0 Å². The number of esters is 1. The molecule has 0 aliphatic rings. The van der Waals surface area contributed by atoms with E-state index in [-0.39, 0.29) is 12.4 Å². The van der Waals surface area contributed by atoms with Gasteiger partial charge in [-0.1, -0.05) is 0 Å². The lowest BCUT2D eigenvalue weighted by atomic mass is 10.1. The van der Waals surface area contributed by atoms with Crippen molar-refractivity contribution in [2.45, 2.75) is 51.7 Å². The first-order valence-corrected chi connectivity index (χ1v) is 6.07. The molecule has 0 rings (SSSR count). The quantitative estimate of drug-likeness (QED) is 0.574. The number of methoxy groups -OCH3 is 1. The zero-order chi connectivity index (χ0) is 14.2. The third-order valence-electron chi connectivity index (χ3n) is 2.12. The van der Waals surface area contributed by atoms with Crippen molar-refractivity contribution in [3.63, 3.8) is 0 Å². The van der Waals surface area contributed by atoms with Crippen molar-refractivity contribution in [1.82, 2.24) is 5.32 Å². The van der Waals surface area contributed by atoms with E-state index in [0.29, 0.717) is 13.0 Å². The SMILES string of the molecule is COC(=O)[C@H](CCCCN)NC(=O)OC(C)(C)C.Cl. The van der Waals surface area contributed by atoms with Crippen LogP contribution >= 0.6 is 12.4 Å². The summed E-state index contributed by atoms with van der Waals surface area (Å²) < 4.78 is 9.72. The second-order valence-corrected chi connectivity index (χ2v) is 5.01. The van der Waals surface area contributed by atoms with Gasteiger partial charge in [-0.3, -0.25) is 0 Å². The maximum atomic E-state index is 11.6. The van der Waals surface area contributed by atoms with Gasteiger partial charge >= 0.3 is 12.1 Å². The van der Waals surface area contributed by atoms with Gasteiger partial charge in [0.2, 0.25) is 0 Å². The molecule has 0 fully saturated rings. The highest BCUT2D eigenvalue weighted by atomic mass is 35.5. The minimum Gasteiger partial charge on any atom is -0.467 e. The fraction of sp³-hybridized carbons (Fsp3) is 0.833. The van der Waals surface area contributed by atoms with E-state index in [1.807, 2.05) is 0 Å². The molecule has 0 bridgehead atoms. The Morgan fingerprint density at radius 3 is 2.26 bits per heavy atom. The van der Waals surface area contributed by atoms with Crippen molar-refractivity contribution in [1.29, 1.82) is 0 Å². The first-order valence-electron chi connectivity index (χ1n) is 6.07. The molecule has 0 aromatic carbocycles. The van der Waals surface area contributed by atoms with E-state index in [9.17, 15) is 9.59 Å². The second kappa shape index (κ2) is 9.86. The number of hydrogen-bond donors (Lipinski definition) is 2. The van der Waals surface area contributed by atoms with Crippen LogP contribution in [-0.2, 0) is 14.3 Å². The van der Waals surface area contributed by atoms with Gasteiger partial charge < -0.3 is 20.5 Å². The van der Waals surface area contributed by atoms with Gasteiger partial charge in [0.05, 0.1) is 7.11 Å². The van der Waals surface area contributed by atoms with E-state index < -0.39 is 23.7 Å². The monoisotopic (exact) mass is 296 g/mol. The molecule has 0 saturated heterocycles. The Hall–Kier alpha value is -1.01. The maximum absolute atomic E-state index is 11.6. The molecule has 0 heterocycles. The van der Waals surface area contributed by atoms with Crippen LogP contribution in [0.4, 0.5) is 4.79 Å². The zero-order valence-electron chi connectivity index (χ0n) is 12.0. The topological polar surface area (TPSA) is 90.6 Å². The highest BCUT2D eigenvalue weighted by Gasteiger charge is 2.24. The summed E-state index contributed by atoms with van der Waals surface area (Å²) in [6, 6.07) is -0.684. The minimum atomic E-state index is -0.684. The van der Waals surface area contributed by atoms with Crippen molar-refractivity contribution >= 4 is 24.5 Å². The molecule has 19 heavy (non-hydrogen) atoms. The number of nitrogens with one attached hydrogen (secondary N) is 1. The summed E-state index contributed by atoms with van der Waals surface area (Å²) in [7, 11) is 1.29. The standard InChI is InChI=1S/C12H24N2O4.ClH/c1-12(2,3)18-11(16)14-9(10(15)17-4)7-5-6-8-13;/h9H,5-8,13H2,1-4H3,(H,14,16);1H/t9-;/m0./s1. The molecule has 0 saturated carbocycles. The molecule has 114 valence electrons. The van der Waals surface area contributed by atoms with Crippen LogP contribution in [0.25, 0.3) is 0 Å². The lowest BCUT2D eigenvalue weighted by Gasteiger charge is -2.22. The number of rotatable bonds is 6. The van der Waals surface area contributed by atoms with Crippen LogP contribution < -0.4 is 11.1 Å². The Bertz CT molecular complexity index is 279. The Morgan fingerprint density at radius 1 is 1.26 bits per heavy atom. The van der Waals surface area contributed by atoms with Crippen molar-refractivity contribution in [2.75, 3.05) is 13.7 Å². The molecule has 0 aliphatic heterocycles. The van der Waals surface area contributed by atoms with Crippen molar-refractivity contribution in [3.8, 4) is 0 Å². The van der Waals surface area contributed by atoms with Crippen molar-refractivity contribution < 1.29 is 19.1 Å². The van der Waals surface area contributed by atoms with Gasteiger partial charge in [-0.05, 0) is 46.6 Å². The summed E-state index contributed by atoms with van der Waals surface area (Å²) >= 11 is 0. The van der Waals surface area contributed by atoms with Crippen LogP contribution in [0.5, 0.6) is 0 Å². The number of carbonyl (C=O) groups is 2. The number of halogens is 1. The Balaban J connectivity index is 0. The third-order valence-corrected chi connectivity index (χ3v) is 2.12. The molecule has 0 aliphatic carbocycles. The van der Waals surface area contributed by atoms with Gasteiger partial charge in [-0.25, -0.2) is 9.59 Å². The maximum Gasteiger partial charge on any atom is 0.408 e. The van der Waals surface area contributed by atoms with Crippen LogP contribution in [0, 0.1) is 0 Å². The molecule has 0 unspecified atom stereocenters. The van der Waals surface area contributed by atoms with Gasteiger partial charge in [-0.15, -0.1) is 12.4 Å². The van der Waals surface area contributed by atoms with E-state index in [2.05, 4.69) is 10.1 Å². The molecule has 0 radical (unpaired) electrons. The molecule has 7 heteroatoms. The summed E-state index contributed by atoms with van der Waals surface area (Å²) in [4.78, 5) is 23.0. The van der Waals surface area contributed by atoms with E-state index in [1.165, 1.54) is 7.11 Å². The molecule has 0 aromatic heterocycles. The number of unbranched alkanes of at least 4 members (excludes halogenated alkanes) is 1. The summed E-state index contributed by atoms with van der Waals surface area (Å²) in [5.74, 6) is -0.474. The predicted molar refractivity (Wildman–Crippen MR) is 75.3 cm³/mol. The number of amides is 1. The molecule has 0 spiro atoms. The molecule has 1 atom stereocenters. The molecule has 3 N–H and O–H groups in total. The molecule has 1 amide bonds. The summed E-state index contributed by atoms with van der Waals surface area (Å²) in [5, 5.41) is 2.51. The average Bonchev–Trinajstić information content (AvgIpc) is 2.24. The third kappa shape index (κ3) is 10.6. The summed E-state index contributed by atoms with van der Waals surface area (Å²) in [5.41, 5.74) is 4.78. The van der Waals surface area contributed by atoms with E-state index in [4.69, 9.17) is 10.5 Å². The number of carbonyl (C=O) groups excluding carboxylic acids is 2. The van der Waals surface area contributed by atoms with Crippen molar-refractivity contribution in [2.24, 2.45) is 5.73 Å². The fourth-order valence-corrected chi connectivity index (χ4v) is 1.33. The molecule has 6 nitrogen and oxygen atoms in total. The lowest BCUT2D eigenvalue weighted by Crippen LogP contribution is -2.44. The van der Waals surface area contributed by atoms with Crippen LogP contribution in [0.3, 0.4) is 0 Å². The highest BCUT2D eigenvalue weighted by Crippen LogP contribution is 2.08. The molecule has 0 aromatic rings. The van der Waals surface area contributed by atoms with Gasteiger partial charge in [-0.2, -0.15) is 0 Å². The largest absolute Gasteiger partial charge is 0.467 e. The minimum absolute atomic E-state index is 0. The smallest absolute Gasteiger partial charge is 0.408 e. The lowest BCUT2D eigenvalue weighted by molar-refractivity contribution is -0.143. The highest BCUT2D eigenvalue weighted by molar-refractivity contribution is 5.85. The van der Waals surface area contributed by atoms with Gasteiger partial charge in [0, 0.05) is 0 Å². The zero-order valence-corrected chi connectivity index (χ0v) is 12.8. The molecular formula is C12H25ClN2O4. The summed E-state index contributed by atoms with van der Waals surface area (Å²) in [6.07, 6.45) is 1.41. The normalized spacial score (nSPS) is 12.1. The van der Waals surface area contributed by atoms with E-state index in [0.717, 1.165) is 12.8 Å². The van der Waals surface area contributed by atoms with E-state index in [1.54, 1.807) is 20.8 Å². The number of nitrogens with two attached hydrogens (primary N) is 1. The van der Waals surface area contributed by atoms with Crippen LogP contribution in [-0.4, -0.2) is 37.4 Å². The van der Waals surface area contributed by atoms with Crippen LogP contribution in [0.15, 0.2) is 0 Å². The number of ether oxygens (including phenoxy) is 2. The van der Waals surface area contributed by atoms with Gasteiger partial charge in [0.25, 0.3) is 0 Å². The summed E-state index contributed by atoms with van der Waals surface area (Å²) in [6.45, 7) is 5.83. The fourth-order valence-electron chi connectivity index (χ4n) is 1.33. The predicted octanol–water partition coefficient (Wildman–Crippen LogP) is 1.60. The first-order chi connectivity index (χ1) is 8.30. The van der Waals surface area contributed by atoms with E-state index >= 15 is 0 Å². The van der Waals surface area contributed by atoms with Crippen LogP contribution in [0.1, 0.15) is 40.0 Å². The molecular weight excluding hydrogens is 272 g/mol. The Kier molecular flexibility index (Phi) is 10.5. The average molecular weight is 297 g/mol. The Labute approximate surface area is 120 Å². The van der Waals surface area contributed by atoms with Gasteiger partial charge in [0.15, 0.2) is 0 Å². The number of alkyl carbamates (subject to hydrolysis) is 1. The number of hydrogen-bond acceptors (Lipinski definition) is 5. The van der Waals surface area contributed by atoms with Gasteiger partial charge in [0.1, 0.15) is 11.6 Å². The van der Waals surface area contributed by atoms with Crippen LogP contribution in [0.2, 0.25) is 0 Å². The Morgan fingerprint density at radius 2 is 1.84 bits per heavy atom.